The molecule has 0 bridgehead atoms. The van der Waals surface area contributed by atoms with E-state index in [1.54, 1.807) is 0 Å². The third-order valence-corrected chi connectivity index (χ3v) is 3.77. The maximum absolute atomic E-state index is 6.07. The summed E-state index contributed by atoms with van der Waals surface area (Å²) in [6.45, 7) is 7.21. The first kappa shape index (κ1) is 15.9. The van der Waals surface area contributed by atoms with E-state index in [0.29, 0.717) is 5.02 Å². The van der Waals surface area contributed by atoms with Crippen molar-refractivity contribution in [2.24, 2.45) is 0 Å². The van der Waals surface area contributed by atoms with Crippen molar-refractivity contribution in [3.05, 3.63) is 64.7 Å². The molecule has 0 aliphatic rings. The van der Waals surface area contributed by atoms with E-state index in [-0.39, 0.29) is 12.1 Å². The van der Waals surface area contributed by atoms with Crippen LogP contribution in [0.5, 0.6) is 5.75 Å². The molecule has 0 aliphatic carbocycles. The van der Waals surface area contributed by atoms with Crippen LogP contribution in [0.25, 0.3) is 0 Å². The molecular weight excluding hydrogens is 282 g/mol. The molecule has 2 rings (SSSR count). The summed E-state index contributed by atoms with van der Waals surface area (Å²) in [6.07, 6.45) is 0.00418. The van der Waals surface area contributed by atoms with E-state index in [2.05, 4.69) is 50.4 Å². The molecule has 2 nitrogen and oxygen atoms in total. The zero-order valence-corrected chi connectivity index (χ0v) is 13.5. The van der Waals surface area contributed by atoms with Gasteiger partial charge in [-0.1, -0.05) is 48.9 Å². The van der Waals surface area contributed by atoms with Crippen LogP contribution in [0.3, 0.4) is 0 Å². The summed E-state index contributed by atoms with van der Waals surface area (Å²) < 4.78 is 6.07. The van der Waals surface area contributed by atoms with Gasteiger partial charge in [0.15, 0.2) is 0 Å². The minimum absolute atomic E-state index is 0.00418. The standard InChI is InChI=1S/C18H22ClNO/c1-4-20-18(17-11-6-5-8-13(17)2)14(3)21-16-10-7-9-15(19)12-16/h5-12,14,18,20H,4H2,1-3H3. The predicted octanol–water partition coefficient (Wildman–Crippen LogP) is 4.77. The first-order valence-corrected chi connectivity index (χ1v) is 7.70. The van der Waals surface area contributed by atoms with Crippen LogP contribution >= 0.6 is 11.6 Å². The Hall–Kier alpha value is -1.51. The van der Waals surface area contributed by atoms with Gasteiger partial charge >= 0.3 is 0 Å². The van der Waals surface area contributed by atoms with Crippen molar-refractivity contribution in [3.63, 3.8) is 0 Å². The second-order valence-corrected chi connectivity index (χ2v) is 5.61. The summed E-state index contributed by atoms with van der Waals surface area (Å²) in [6, 6.07) is 16.1. The van der Waals surface area contributed by atoms with Crippen molar-refractivity contribution < 1.29 is 4.74 Å². The highest BCUT2D eigenvalue weighted by Crippen LogP contribution is 2.25. The van der Waals surface area contributed by atoms with Gasteiger partial charge in [-0.25, -0.2) is 0 Å². The number of likely N-dealkylation sites (N-methyl/N-ethyl adjacent to an activating group) is 1. The van der Waals surface area contributed by atoms with Gasteiger partial charge in [0.1, 0.15) is 11.9 Å². The molecule has 0 radical (unpaired) electrons. The smallest absolute Gasteiger partial charge is 0.121 e. The van der Waals surface area contributed by atoms with Crippen LogP contribution in [-0.2, 0) is 0 Å². The van der Waals surface area contributed by atoms with Crippen LogP contribution in [0.2, 0.25) is 5.02 Å². The molecule has 0 heterocycles. The summed E-state index contributed by atoms with van der Waals surface area (Å²) in [5.74, 6) is 0.798. The number of hydrogen-bond donors (Lipinski definition) is 1. The zero-order chi connectivity index (χ0) is 15.2. The Balaban J connectivity index is 2.20. The fourth-order valence-electron chi connectivity index (χ4n) is 2.51. The Morgan fingerprint density at radius 2 is 1.90 bits per heavy atom. The van der Waals surface area contributed by atoms with Gasteiger partial charge in [-0.05, 0) is 49.7 Å². The van der Waals surface area contributed by atoms with Crippen LogP contribution in [0, 0.1) is 6.92 Å². The summed E-state index contributed by atoms with van der Waals surface area (Å²) in [7, 11) is 0. The van der Waals surface area contributed by atoms with Gasteiger partial charge in [-0.2, -0.15) is 0 Å². The topological polar surface area (TPSA) is 21.3 Å². The Morgan fingerprint density at radius 1 is 1.14 bits per heavy atom. The monoisotopic (exact) mass is 303 g/mol. The quantitative estimate of drug-likeness (QED) is 0.830. The van der Waals surface area contributed by atoms with Crippen molar-refractivity contribution in [1.29, 1.82) is 0 Å². The Kier molecular flexibility index (Phi) is 5.66. The van der Waals surface area contributed by atoms with Gasteiger partial charge in [-0.15, -0.1) is 0 Å². The highest BCUT2D eigenvalue weighted by Gasteiger charge is 2.21. The molecule has 112 valence electrons. The average molecular weight is 304 g/mol. The van der Waals surface area contributed by atoms with Crippen LogP contribution < -0.4 is 10.1 Å². The van der Waals surface area contributed by atoms with Crippen molar-refractivity contribution in [2.75, 3.05) is 6.54 Å². The molecule has 3 heteroatoms. The summed E-state index contributed by atoms with van der Waals surface area (Å²) in [4.78, 5) is 0. The van der Waals surface area contributed by atoms with E-state index < -0.39 is 0 Å². The molecule has 2 unspecified atom stereocenters. The highest BCUT2D eigenvalue weighted by molar-refractivity contribution is 6.30. The molecule has 2 aromatic rings. The van der Waals surface area contributed by atoms with Crippen molar-refractivity contribution >= 4 is 11.6 Å². The molecule has 0 amide bonds. The fourth-order valence-corrected chi connectivity index (χ4v) is 2.69. The first-order chi connectivity index (χ1) is 10.1. The second kappa shape index (κ2) is 7.48. The van der Waals surface area contributed by atoms with E-state index in [0.717, 1.165) is 12.3 Å². The number of rotatable bonds is 6. The number of halogens is 1. The summed E-state index contributed by atoms with van der Waals surface area (Å²) in [5.41, 5.74) is 2.54. The number of ether oxygens (including phenoxy) is 1. The van der Waals surface area contributed by atoms with Crippen molar-refractivity contribution in [2.45, 2.75) is 32.9 Å². The maximum atomic E-state index is 6.07. The molecule has 2 atom stereocenters. The second-order valence-electron chi connectivity index (χ2n) is 5.17. The predicted molar refractivity (Wildman–Crippen MR) is 89.1 cm³/mol. The lowest BCUT2D eigenvalue weighted by atomic mass is 9.97. The molecule has 0 fully saturated rings. The Labute approximate surface area is 132 Å². The van der Waals surface area contributed by atoms with Gasteiger partial charge in [0.2, 0.25) is 0 Å². The van der Waals surface area contributed by atoms with Gasteiger partial charge in [0.05, 0.1) is 6.04 Å². The van der Waals surface area contributed by atoms with Gasteiger partial charge in [0.25, 0.3) is 0 Å². The lowest BCUT2D eigenvalue weighted by Gasteiger charge is -2.27. The lowest BCUT2D eigenvalue weighted by molar-refractivity contribution is 0.171. The van der Waals surface area contributed by atoms with E-state index in [1.807, 2.05) is 24.3 Å². The number of aryl methyl sites for hydroxylation is 1. The zero-order valence-electron chi connectivity index (χ0n) is 12.8. The maximum Gasteiger partial charge on any atom is 0.121 e. The molecule has 2 aromatic carbocycles. The van der Waals surface area contributed by atoms with Crippen molar-refractivity contribution in [1.82, 2.24) is 5.32 Å². The number of nitrogens with one attached hydrogen (secondary N) is 1. The van der Waals surface area contributed by atoms with Gasteiger partial charge in [0, 0.05) is 5.02 Å². The minimum Gasteiger partial charge on any atom is -0.489 e. The summed E-state index contributed by atoms with van der Waals surface area (Å²) in [5, 5.41) is 4.21. The van der Waals surface area contributed by atoms with E-state index >= 15 is 0 Å². The Bertz CT molecular complexity index is 585. The molecule has 0 saturated carbocycles. The van der Waals surface area contributed by atoms with Gasteiger partial charge in [-0.3, -0.25) is 0 Å². The SMILES string of the molecule is CCNC(c1ccccc1C)C(C)Oc1cccc(Cl)c1. The Morgan fingerprint density at radius 3 is 2.57 bits per heavy atom. The molecule has 1 N–H and O–H groups in total. The third kappa shape index (κ3) is 4.23. The molecule has 0 aliphatic heterocycles. The first-order valence-electron chi connectivity index (χ1n) is 7.33. The number of benzene rings is 2. The normalized spacial score (nSPS) is 13.7. The van der Waals surface area contributed by atoms with E-state index in [9.17, 15) is 0 Å². The largest absolute Gasteiger partial charge is 0.489 e. The molecule has 0 aromatic heterocycles. The summed E-state index contributed by atoms with van der Waals surface area (Å²) >= 11 is 6.02. The van der Waals surface area contributed by atoms with Crippen LogP contribution in [0.4, 0.5) is 0 Å². The molecular formula is C18H22ClNO. The highest BCUT2D eigenvalue weighted by atomic mass is 35.5. The van der Waals surface area contributed by atoms with Gasteiger partial charge < -0.3 is 10.1 Å². The number of hydrogen-bond acceptors (Lipinski definition) is 2. The van der Waals surface area contributed by atoms with Crippen LogP contribution in [0.1, 0.15) is 31.0 Å². The third-order valence-electron chi connectivity index (χ3n) is 3.54. The molecule has 0 spiro atoms. The fraction of sp³-hybridized carbons (Fsp3) is 0.333. The molecule has 21 heavy (non-hydrogen) atoms. The lowest BCUT2D eigenvalue weighted by Crippen LogP contribution is -2.34. The van der Waals surface area contributed by atoms with E-state index in [1.165, 1.54) is 11.1 Å². The van der Waals surface area contributed by atoms with E-state index in [4.69, 9.17) is 16.3 Å². The average Bonchev–Trinajstić information content (AvgIpc) is 2.45. The van der Waals surface area contributed by atoms with Crippen LogP contribution in [-0.4, -0.2) is 12.6 Å². The van der Waals surface area contributed by atoms with Crippen molar-refractivity contribution in [3.8, 4) is 5.75 Å². The van der Waals surface area contributed by atoms with Crippen LogP contribution in [0.15, 0.2) is 48.5 Å². The molecule has 0 saturated heterocycles. The minimum atomic E-state index is 0.00418.